The molecule has 0 saturated carbocycles. The zero-order valence-corrected chi connectivity index (χ0v) is 11.1. The van der Waals surface area contributed by atoms with Crippen LogP contribution in [-0.4, -0.2) is 18.0 Å². The van der Waals surface area contributed by atoms with Crippen molar-refractivity contribution in [3.63, 3.8) is 0 Å². The third kappa shape index (κ3) is 4.79. The molecular formula is C14H17ClN2O. The number of halogens is 1. The quantitative estimate of drug-likeness (QED) is 0.796. The monoisotopic (exact) mass is 264 g/mol. The van der Waals surface area contributed by atoms with Gasteiger partial charge < -0.3 is 11.1 Å². The topological polar surface area (TPSA) is 55.1 Å². The van der Waals surface area contributed by atoms with Crippen LogP contribution >= 0.6 is 11.6 Å². The van der Waals surface area contributed by atoms with Crippen LogP contribution in [0.2, 0.25) is 5.02 Å². The molecule has 0 radical (unpaired) electrons. The number of nitrogens with two attached hydrogens (primary N) is 1. The fourth-order valence-electron chi connectivity index (χ4n) is 1.64. The molecule has 1 aromatic carbocycles. The van der Waals surface area contributed by atoms with Crippen LogP contribution < -0.4 is 11.1 Å². The van der Waals surface area contributed by atoms with E-state index in [-0.39, 0.29) is 18.4 Å². The van der Waals surface area contributed by atoms with Gasteiger partial charge in [0.05, 0.1) is 6.04 Å². The van der Waals surface area contributed by atoms with Crippen molar-refractivity contribution in [2.24, 2.45) is 5.73 Å². The summed E-state index contributed by atoms with van der Waals surface area (Å²) in [5.41, 5.74) is 6.69. The second kappa shape index (κ2) is 7.05. The van der Waals surface area contributed by atoms with Crippen molar-refractivity contribution in [1.29, 1.82) is 0 Å². The van der Waals surface area contributed by atoms with Gasteiger partial charge in [-0.2, -0.15) is 0 Å². The van der Waals surface area contributed by atoms with Crippen LogP contribution in [0, 0.1) is 12.3 Å². The predicted molar refractivity (Wildman–Crippen MR) is 74.2 cm³/mol. The first kappa shape index (κ1) is 14.6. The molecule has 1 rings (SSSR count). The molecule has 3 nitrogen and oxygen atoms in total. The molecule has 2 atom stereocenters. The summed E-state index contributed by atoms with van der Waals surface area (Å²) < 4.78 is 0. The second-order valence-electron chi connectivity index (χ2n) is 4.26. The fraction of sp³-hybridized carbons (Fsp3) is 0.357. The minimum absolute atomic E-state index is 0.0141. The van der Waals surface area contributed by atoms with E-state index >= 15 is 0 Å². The largest absolute Gasteiger partial charge is 0.352 e. The third-order valence-corrected chi connectivity index (χ3v) is 2.73. The van der Waals surface area contributed by atoms with Crippen molar-refractivity contribution >= 4 is 17.5 Å². The highest BCUT2D eigenvalue weighted by molar-refractivity contribution is 6.30. The first-order valence-electron chi connectivity index (χ1n) is 5.76. The zero-order valence-electron chi connectivity index (χ0n) is 10.3. The van der Waals surface area contributed by atoms with Crippen molar-refractivity contribution in [1.82, 2.24) is 5.32 Å². The molecule has 0 bridgehead atoms. The highest BCUT2D eigenvalue weighted by Crippen LogP contribution is 2.12. The van der Waals surface area contributed by atoms with Crippen molar-refractivity contribution in [2.75, 3.05) is 0 Å². The first-order valence-corrected chi connectivity index (χ1v) is 6.14. The summed E-state index contributed by atoms with van der Waals surface area (Å²) in [4.78, 5) is 11.6. The molecule has 0 saturated heterocycles. The Balaban J connectivity index is 2.49. The van der Waals surface area contributed by atoms with Crippen LogP contribution in [0.3, 0.4) is 0 Å². The zero-order chi connectivity index (χ0) is 13.5. The Bertz CT molecular complexity index is 453. The van der Waals surface area contributed by atoms with Gasteiger partial charge >= 0.3 is 0 Å². The normalized spacial score (nSPS) is 13.4. The van der Waals surface area contributed by atoms with Crippen LogP contribution in [0.4, 0.5) is 0 Å². The minimum Gasteiger partial charge on any atom is -0.352 e. The van der Waals surface area contributed by atoms with E-state index in [4.69, 9.17) is 23.8 Å². The Labute approximate surface area is 113 Å². The Hall–Kier alpha value is -1.50. The van der Waals surface area contributed by atoms with Crippen LogP contribution in [0.5, 0.6) is 0 Å². The summed E-state index contributed by atoms with van der Waals surface area (Å²) in [6.07, 6.45) is 6.06. The standard InChI is InChI=1S/C14H17ClN2O/c1-3-5-13(16)14(18)17-10(2)8-11-6-4-7-12(15)9-11/h1,4,6-7,9-10,13H,5,8,16H2,2H3,(H,17,18). The van der Waals surface area contributed by atoms with E-state index in [1.165, 1.54) is 0 Å². The molecule has 0 aromatic heterocycles. The van der Waals surface area contributed by atoms with Crippen molar-refractivity contribution in [3.05, 3.63) is 34.9 Å². The summed E-state index contributed by atoms with van der Waals surface area (Å²) in [6.45, 7) is 1.92. The third-order valence-electron chi connectivity index (χ3n) is 2.49. The smallest absolute Gasteiger partial charge is 0.238 e. The second-order valence-corrected chi connectivity index (χ2v) is 4.69. The number of hydrogen-bond acceptors (Lipinski definition) is 2. The van der Waals surface area contributed by atoms with Crippen LogP contribution in [0.15, 0.2) is 24.3 Å². The summed E-state index contributed by atoms with van der Waals surface area (Å²) in [7, 11) is 0. The molecule has 0 aliphatic carbocycles. The minimum atomic E-state index is -0.642. The molecule has 0 aliphatic rings. The van der Waals surface area contributed by atoms with Gasteiger partial charge in [0.2, 0.25) is 5.91 Å². The van der Waals surface area contributed by atoms with Gasteiger partial charge in [0, 0.05) is 17.5 Å². The van der Waals surface area contributed by atoms with Crippen molar-refractivity contribution < 1.29 is 4.79 Å². The Morgan fingerprint density at radius 3 is 2.94 bits per heavy atom. The Morgan fingerprint density at radius 1 is 1.61 bits per heavy atom. The highest BCUT2D eigenvalue weighted by Gasteiger charge is 2.14. The van der Waals surface area contributed by atoms with Crippen LogP contribution in [0.1, 0.15) is 18.9 Å². The number of rotatable bonds is 5. The van der Waals surface area contributed by atoms with Gasteiger partial charge in [-0.3, -0.25) is 4.79 Å². The molecule has 3 N–H and O–H groups in total. The van der Waals surface area contributed by atoms with Gasteiger partial charge in [0.15, 0.2) is 0 Å². The number of amides is 1. The van der Waals surface area contributed by atoms with Gasteiger partial charge in [-0.1, -0.05) is 23.7 Å². The average molecular weight is 265 g/mol. The maximum Gasteiger partial charge on any atom is 0.238 e. The predicted octanol–water partition coefficient (Wildman–Crippen LogP) is 1.74. The molecule has 4 heteroatoms. The maximum absolute atomic E-state index is 11.6. The number of nitrogens with one attached hydrogen (secondary N) is 1. The van der Waals surface area contributed by atoms with E-state index in [0.29, 0.717) is 11.4 Å². The molecule has 0 heterocycles. The van der Waals surface area contributed by atoms with Crippen LogP contribution in [0.25, 0.3) is 0 Å². The van der Waals surface area contributed by atoms with E-state index in [1.807, 2.05) is 31.2 Å². The van der Waals surface area contributed by atoms with Crippen LogP contribution in [-0.2, 0) is 11.2 Å². The molecule has 1 aromatic rings. The summed E-state index contributed by atoms with van der Waals surface area (Å²) >= 11 is 5.90. The molecule has 0 aliphatic heterocycles. The molecule has 18 heavy (non-hydrogen) atoms. The SMILES string of the molecule is C#CCC(N)C(=O)NC(C)Cc1cccc(Cl)c1. The van der Waals surface area contributed by atoms with Gasteiger partial charge in [0.1, 0.15) is 0 Å². The summed E-state index contributed by atoms with van der Waals surface area (Å²) in [6, 6.07) is 6.89. The molecule has 96 valence electrons. The summed E-state index contributed by atoms with van der Waals surface area (Å²) in [5, 5.41) is 3.52. The lowest BCUT2D eigenvalue weighted by atomic mass is 10.1. The van der Waals surface area contributed by atoms with Gasteiger partial charge in [-0.25, -0.2) is 0 Å². The molecular weight excluding hydrogens is 248 g/mol. The first-order chi connectivity index (χ1) is 8.52. The average Bonchev–Trinajstić information content (AvgIpc) is 2.28. The number of benzene rings is 1. The van der Waals surface area contributed by atoms with E-state index < -0.39 is 6.04 Å². The number of hydrogen-bond donors (Lipinski definition) is 2. The fourth-order valence-corrected chi connectivity index (χ4v) is 1.85. The van der Waals surface area contributed by atoms with Crippen molar-refractivity contribution in [2.45, 2.75) is 31.8 Å². The molecule has 1 amide bonds. The molecule has 0 fully saturated rings. The Morgan fingerprint density at radius 2 is 2.33 bits per heavy atom. The van der Waals surface area contributed by atoms with E-state index in [0.717, 1.165) is 5.56 Å². The van der Waals surface area contributed by atoms with E-state index in [9.17, 15) is 4.79 Å². The Kier molecular flexibility index (Phi) is 5.70. The number of carbonyl (C=O) groups is 1. The molecule has 2 unspecified atom stereocenters. The number of terminal acetylenes is 1. The van der Waals surface area contributed by atoms with E-state index in [1.54, 1.807) is 0 Å². The van der Waals surface area contributed by atoms with Gasteiger partial charge in [0.25, 0.3) is 0 Å². The van der Waals surface area contributed by atoms with E-state index in [2.05, 4.69) is 11.2 Å². The maximum atomic E-state index is 11.6. The lowest BCUT2D eigenvalue weighted by molar-refractivity contribution is -0.122. The lowest BCUT2D eigenvalue weighted by Gasteiger charge is -2.16. The number of carbonyl (C=O) groups excluding carboxylic acids is 1. The highest BCUT2D eigenvalue weighted by atomic mass is 35.5. The molecule has 0 spiro atoms. The summed E-state index contributed by atoms with van der Waals surface area (Å²) in [5.74, 6) is 2.16. The lowest BCUT2D eigenvalue weighted by Crippen LogP contribution is -2.44. The van der Waals surface area contributed by atoms with Gasteiger partial charge in [-0.05, 0) is 31.0 Å². The van der Waals surface area contributed by atoms with Gasteiger partial charge in [-0.15, -0.1) is 12.3 Å². The van der Waals surface area contributed by atoms with Crippen molar-refractivity contribution in [3.8, 4) is 12.3 Å².